The monoisotopic (exact) mass is 165 g/mol. The van der Waals surface area contributed by atoms with Crippen LogP contribution in [0.25, 0.3) is 0 Å². The predicted molar refractivity (Wildman–Crippen MR) is 57.8 cm³/mol. The van der Waals surface area contributed by atoms with E-state index in [9.17, 15) is 0 Å². The van der Waals surface area contributed by atoms with Crippen molar-refractivity contribution in [1.29, 1.82) is 0 Å². The van der Waals surface area contributed by atoms with Gasteiger partial charge in [-0.25, -0.2) is 0 Å². The average Bonchev–Trinajstić information content (AvgIpc) is 2.16. The summed E-state index contributed by atoms with van der Waals surface area (Å²) >= 11 is 0. The minimum absolute atomic E-state index is 1.01. The first-order chi connectivity index (χ1) is 5.62. The van der Waals surface area contributed by atoms with Gasteiger partial charge in [-0.1, -0.05) is 37.0 Å². The standard InChI is InChI=1S/C6H10.C5H9N/c1-4-6(3)5-2;1-3-5(2)4-6/h4-5H,1H2,2-3H3;3-4H,1,6H2,2H3/b6-5-;5-4-. The first-order valence-corrected chi connectivity index (χ1v) is 3.88. The molecule has 68 valence electrons. The van der Waals surface area contributed by atoms with E-state index in [-0.39, 0.29) is 0 Å². The highest BCUT2D eigenvalue weighted by Gasteiger charge is 1.67. The lowest BCUT2D eigenvalue weighted by Gasteiger charge is -1.78. The summed E-state index contributed by atoms with van der Waals surface area (Å²) in [5, 5.41) is 0. The lowest BCUT2D eigenvalue weighted by atomic mass is 10.3. The number of hydrogen-bond acceptors (Lipinski definition) is 1. The van der Waals surface area contributed by atoms with E-state index in [2.05, 4.69) is 13.2 Å². The van der Waals surface area contributed by atoms with Crippen LogP contribution in [-0.2, 0) is 0 Å². The summed E-state index contributed by atoms with van der Waals surface area (Å²) in [6, 6.07) is 0. The molecule has 0 amide bonds. The fourth-order valence-electron chi connectivity index (χ4n) is 0.186. The molecule has 0 aromatic rings. The molecule has 1 heteroatoms. The Kier molecular flexibility index (Phi) is 10.9. The van der Waals surface area contributed by atoms with Gasteiger partial charge in [0.1, 0.15) is 0 Å². The van der Waals surface area contributed by atoms with Crippen LogP contribution in [0.4, 0.5) is 0 Å². The Labute approximate surface area is 76.0 Å². The molecule has 12 heavy (non-hydrogen) atoms. The van der Waals surface area contributed by atoms with Crippen molar-refractivity contribution in [2.45, 2.75) is 20.8 Å². The van der Waals surface area contributed by atoms with Crippen LogP contribution >= 0.6 is 0 Å². The van der Waals surface area contributed by atoms with Gasteiger partial charge in [0.2, 0.25) is 0 Å². The van der Waals surface area contributed by atoms with E-state index >= 15 is 0 Å². The van der Waals surface area contributed by atoms with E-state index in [1.807, 2.05) is 32.9 Å². The number of hydrogen-bond donors (Lipinski definition) is 1. The Bertz CT molecular complexity index is 163. The van der Waals surface area contributed by atoms with Gasteiger partial charge in [0, 0.05) is 0 Å². The summed E-state index contributed by atoms with van der Waals surface area (Å²) in [6.45, 7) is 13.0. The zero-order valence-electron chi connectivity index (χ0n) is 8.30. The molecule has 0 atom stereocenters. The Morgan fingerprint density at radius 3 is 1.50 bits per heavy atom. The van der Waals surface area contributed by atoms with Crippen molar-refractivity contribution in [2.24, 2.45) is 5.73 Å². The summed E-state index contributed by atoms with van der Waals surface area (Å²) in [6.07, 6.45) is 7.08. The van der Waals surface area contributed by atoms with Crippen LogP contribution in [0.15, 0.2) is 48.7 Å². The molecule has 0 saturated heterocycles. The van der Waals surface area contributed by atoms with Crippen molar-refractivity contribution in [3.63, 3.8) is 0 Å². The Morgan fingerprint density at radius 2 is 1.50 bits per heavy atom. The Morgan fingerprint density at radius 1 is 1.08 bits per heavy atom. The molecule has 0 radical (unpaired) electrons. The predicted octanol–water partition coefficient (Wildman–Crippen LogP) is 3.17. The van der Waals surface area contributed by atoms with Gasteiger partial charge in [-0.3, -0.25) is 0 Å². The fourth-order valence-corrected chi connectivity index (χ4v) is 0.186. The average molecular weight is 165 g/mol. The van der Waals surface area contributed by atoms with Crippen LogP contribution < -0.4 is 5.73 Å². The van der Waals surface area contributed by atoms with E-state index in [1.165, 1.54) is 11.8 Å². The Balaban J connectivity index is 0. The molecule has 0 rings (SSSR count). The molecule has 0 fully saturated rings. The second kappa shape index (κ2) is 9.76. The van der Waals surface area contributed by atoms with Gasteiger partial charge >= 0.3 is 0 Å². The summed E-state index contributed by atoms with van der Waals surface area (Å²) in [7, 11) is 0. The van der Waals surface area contributed by atoms with Crippen molar-refractivity contribution in [1.82, 2.24) is 0 Å². The van der Waals surface area contributed by atoms with Gasteiger partial charge in [-0.15, -0.1) is 0 Å². The van der Waals surface area contributed by atoms with Crippen molar-refractivity contribution in [3.05, 3.63) is 48.7 Å². The molecule has 2 N–H and O–H groups in total. The third-order valence-corrected chi connectivity index (χ3v) is 1.36. The summed E-state index contributed by atoms with van der Waals surface area (Å²) in [5.41, 5.74) is 7.29. The van der Waals surface area contributed by atoms with Crippen LogP contribution in [0.2, 0.25) is 0 Å². The molecule has 0 spiro atoms. The minimum Gasteiger partial charge on any atom is -0.404 e. The smallest absolute Gasteiger partial charge is 0.00328 e. The molecule has 1 nitrogen and oxygen atoms in total. The van der Waals surface area contributed by atoms with Crippen molar-refractivity contribution in [3.8, 4) is 0 Å². The minimum atomic E-state index is 1.01. The second-order valence-electron chi connectivity index (χ2n) is 2.35. The summed E-state index contributed by atoms with van der Waals surface area (Å²) in [4.78, 5) is 0. The number of allylic oxidation sites excluding steroid dienone is 5. The van der Waals surface area contributed by atoms with Crippen molar-refractivity contribution >= 4 is 0 Å². The lowest BCUT2D eigenvalue weighted by molar-refractivity contribution is 1.44. The summed E-state index contributed by atoms with van der Waals surface area (Å²) in [5.74, 6) is 0. The molecule has 0 aliphatic carbocycles. The zero-order chi connectivity index (χ0) is 9.98. The number of rotatable bonds is 2. The quantitative estimate of drug-likeness (QED) is 0.625. The topological polar surface area (TPSA) is 26.0 Å². The molecular weight excluding hydrogens is 146 g/mol. The van der Waals surface area contributed by atoms with E-state index in [4.69, 9.17) is 5.73 Å². The van der Waals surface area contributed by atoms with E-state index in [1.54, 1.807) is 6.08 Å². The highest BCUT2D eigenvalue weighted by atomic mass is 14.5. The van der Waals surface area contributed by atoms with Crippen LogP contribution in [0, 0.1) is 0 Å². The van der Waals surface area contributed by atoms with Gasteiger partial charge in [0.15, 0.2) is 0 Å². The normalized spacial score (nSPS) is 11.2. The maximum Gasteiger partial charge on any atom is -0.00328 e. The molecule has 0 bridgehead atoms. The number of nitrogens with two attached hydrogens (primary N) is 1. The van der Waals surface area contributed by atoms with E-state index < -0.39 is 0 Å². The molecule has 0 heterocycles. The lowest BCUT2D eigenvalue weighted by Crippen LogP contribution is -1.78. The molecule has 0 aliphatic heterocycles. The molecule has 0 aromatic carbocycles. The first-order valence-electron chi connectivity index (χ1n) is 3.88. The van der Waals surface area contributed by atoms with E-state index in [0.29, 0.717) is 0 Å². The van der Waals surface area contributed by atoms with E-state index in [0.717, 1.165) is 5.57 Å². The highest BCUT2D eigenvalue weighted by molar-refractivity contribution is 5.11. The second-order valence-corrected chi connectivity index (χ2v) is 2.35. The molecule has 0 unspecified atom stereocenters. The van der Waals surface area contributed by atoms with Crippen LogP contribution in [0.5, 0.6) is 0 Å². The highest BCUT2D eigenvalue weighted by Crippen LogP contribution is 1.88. The summed E-state index contributed by atoms with van der Waals surface area (Å²) < 4.78 is 0. The van der Waals surface area contributed by atoms with Crippen molar-refractivity contribution in [2.75, 3.05) is 0 Å². The molecule has 0 aliphatic rings. The molecular formula is C11H19N. The largest absolute Gasteiger partial charge is 0.404 e. The van der Waals surface area contributed by atoms with Gasteiger partial charge in [0.25, 0.3) is 0 Å². The SMILES string of the molecule is C=C/C(C)=C\C.C=C/C(C)=C\N. The van der Waals surface area contributed by atoms with Crippen molar-refractivity contribution < 1.29 is 0 Å². The van der Waals surface area contributed by atoms with Gasteiger partial charge in [0.05, 0.1) is 0 Å². The van der Waals surface area contributed by atoms with Crippen LogP contribution in [-0.4, -0.2) is 0 Å². The zero-order valence-corrected chi connectivity index (χ0v) is 8.30. The molecule has 0 saturated carbocycles. The first kappa shape index (κ1) is 13.4. The molecule has 0 aromatic heterocycles. The Hall–Kier alpha value is -1.24. The van der Waals surface area contributed by atoms with Crippen LogP contribution in [0.3, 0.4) is 0 Å². The van der Waals surface area contributed by atoms with Gasteiger partial charge in [-0.2, -0.15) is 0 Å². The third-order valence-electron chi connectivity index (χ3n) is 1.36. The maximum atomic E-state index is 5.05. The maximum absolute atomic E-state index is 5.05. The van der Waals surface area contributed by atoms with Crippen LogP contribution in [0.1, 0.15) is 20.8 Å². The fraction of sp³-hybridized carbons (Fsp3) is 0.273. The third kappa shape index (κ3) is 11.5. The van der Waals surface area contributed by atoms with Gasteiger partial charge < -0.3 is 5.73 Å². The van der Waals surface area contributed by atoms with Gasteiger partial charge in [-0.05, 0) is 32.5 Å².